The number of benzene rings is 6. The number of azo groups is 2. The first-order valence-corrected chi connectivity index (χ1v) is 19.3. The number of aryl methyl sites for hydroxylation is 2. The minimum Gasteiger partial charge on any atom is -0.397 e. The molecule has 266 valence electrons. The number of nitrogens with two attached hydrogens (primary N) is 2. The fourth-order valence-corrected chi connectivity index (χ4v) is 7.19. The summed E-state index contributed by atoms with van der Waals surface area (Å²) < 4.78 is 99.7. The number of nitrogen functional groups attached to an aromatic ring is 2. The molecule has 6 rings (SSSR count). The molecule has 0 aliphatic rings. The van der Waals surface area contributed by atoms with E-state index in [0.29, 0.717) is 27.7 Å². The Bertz CT molecular complexity index is 2880. The maximum atomic E-state index is 12.1. The Morgan fingerprint density at radius 1 is 0.500 bits per heavy atom. The van der Waals surface area contributed by atoms with E-state index in [-0.39, 0.29) is 32.7 Å². The monoisotopic (exact) mass is 760 g/mol. The van der Waals surface area contributed by atoms with Crippen LogP contribution in [-0.2, 0) is 30.4 Å². The second-order valence-electron chi connectivity index (χ2n) is 11.7. The number of hydrogen-bond acceptors (Lipinski definition) is 12. The zero-order chi connectivity index (χ0) is 37.7. The fourth-order valence-electron chi connectivity index (χ4n) is 5.51. The highest BCUT2D eigenvalue weighted by Crippen LogP contribution is 2.40. The van der Waals surface area contributed by atoms with Crippen molar-refractivity contribution in [1.82, 2.24) is 0 Å². The summed E-state index contributed by atoms with van der Waals surface area (Å²) in [5.41, 5.74) is 16.2. The molecule has 0 spiro atoms. The van der Waals surface area contributed by atoms with E-state index in [1.807, 2.05) is 25.1 Å². The highest BCUT2D eigenvalue weighted by Gasteiger charge is 2.22. The molecule has 0 amide bonds. The molecule has 0 unspecified atom stereocenters. The van der Waals surface area contributed by atoms with Crippen molar-refractivity contribution in [2.75, 3.05) is 11.5 Å². The molecule has 18 heteroatoms. The van der Waals surface area contributed by atoms with Crippen molar-refractivity contribution in [3.05, 3.63) is 102 Å². The number of anilines is 2. The van der Waals surface area contributed by atoms with Crippen molar-refractivity contribution in [3.63, 3.8) is 0 Å². The summed E-state index contributed by atoms with van der Waals surface area (Å²) in [6, 6.07) is 22.6. The van der Waals surface area contributed by atoms with Gasteiger partial charge in [0.25, 0.3) is 30.4 Å². The Morgan fingerprint density at radius 3 is 1.56 bits per heavy atom. The van der Waals surface area contributed by atoms with Gasteiger partial charge in [-0.1, -0.05) is 30.3 Å². The molecule has 7 N–H and O–H groups in total. The van der Waals surface area contributed by atoms with Crippen LogP contribution in [0.5, 0.6) is 0 Å². The van der Waals surface area contributed by atoms with Crippen LogP contribution in [0.25, 0.3) is 32.7 Å². The Balaban J connectivity index is 1.31. The van der Waals surface area contributed by atoms with E-state index >= 15 is 0 Å². The molecular formula is C34H28N6O9S3. The lowest BCUT2D eigenvalue weighted by Gasteiger charge is -2.11. The van der Waals surface area contributed by atoms with Crippen LogP contribution in [0.3, 0.4) is 0 Å². The zero-order valence-corrected chi connectivity index (χ0v) is 29.6. The van der Waals surface area contributed by atoms with Gasteiger partial charge in [-0.2, -0.15) is 35.5 Å². The van der Waals surface area contributed by atoms with E-state index in [1.54, 1.807) is 37.3 Å². The van der Waals surface area contributed by atoms with E-state index in [9.17, 15) is 38.9 Å². The van der Waals surface area contributed by atoms with Crippen LogP contribution in [0.2, 0.25) is 0 Å². The van der Waals surface area contributed by atoms with E-state index < -0.39 is 45.8 Å². The Hall–Kier alpha value is -5.63. The van der Waals surface area contributed by atoms with Crippen molar-refractivity contribution >= 4 is 86.0 Å². The second kappa shape index (κ2) is 13.2. The van der Waals surface area contributed by atoms with Crippen molar-refractivity contribution in [2.24, 2.45) is 20.5 Å². The van der Waals surface area contributed by atoms with Crippen LogP contribution < -0.4 is 11.5 Å². The molecule has 0 radical (unpaired) electrons. The molecule has 0 saturated carbocycles. The van der Waals surface area contributed by atoms with Crippen molar-refractivity contribution in [2.45, 2.75) is 28.5 Å². The van der Waals surface area contributed by atoms with Crippen molar-refractivity contribution < 1.29 is 38.9 Å². The van der Waals surface area contributed by atoms with Crippen molar-refractivity contribution in [1.29, 1.82) is 0 Å². The molecule has 0 saturated heterocycles. The minimum absolute atomic E-state index is 0.0168. The maximum absolute atomic E-state index is 12.1. The van der Waals surface area contributed by atoms with E-state index in [0.717, 1.165) is 34.9 Å². The van der Waals surface area contributed by atoms with Gasteiger partial charge in [-0.25, -0.2) is 0 Å². The van der Waals surface area contributed by atoms with E-state index in [4.69, 9.17) is 11.5 Å². The maximum Gasteiger partial charge on any atom is 0.296 e. The molecule has 52 heavy (non-hydrogen) atoms. The lowest BCUT2D eigenvalue weighted by Crippen LogP contribution is -2.04. The fraction of sp³-hybridized carbons (Fsp3) is 0.0588. The van der Waals surface area contributed by atoms with Gasteiger partial charge < -0.3 is 11.5 Å². The van der Waals surface area contributed by atoms with Gasteiger partial charge in [0.1, 0.15) is 16.3 Å². The third-order valence-corrected chi connectivity index (χ3v) is 10.8. The summed E-state index contributed by atoms with van der Waals surface area (Å²) >= 11 is 0. The summed E-state index contributed by atoms with van der Waals surface area (Å²) in [4.78, 5) is -1.51. The topological polar surface area (TPSA) is 265 Å². The van der Waals surface area contributed by atoms with Crippen LogP contribution in [0.1, 0.15) is 11.1 Å². The van der Waals surface area contributed by atoms with Crippen LogP contribution >= 0.6 is 0 Å². The van der Waals surface area contributed by atoms with Gasteiger partial charge in [-0.15, -0.1) is 10.2 Å². The van der Waals surface area contributed by atoms with Crippen LogP contribution in [-0.4, -0.2) is 38.9 Å². The third kappa shape index (κ3) is 7.24. The second-order valence-corrected chi connectivity index (χ2v) is 16.0. The lowest BCUT2D eigenvalue weighted by atomic mass is 10.0. The molecule has 0 aliphatic carbocycles. The predicted molar refractivity (Wildman–Crippen MR) is 196 cm³/mol. The number of fused-ring (bicyclic) bond motifs is 2. The highest BCUT2D eigenvalue weighted by atomic mass is 32.2. The summed E-state index contributed by atoms with van der Waals surface area (Å²) in [5, 5.41) is 18.4. The quantitative estimate of drug-likeness (QED) is 0.0563. The molecule has 0 fully saturated rings. The van der Waals surface area contributed by atoms with Crippen LogP contribution in [0.4, 0.5) is 34.1 Å². The smallest absolute Gasteiger partial charge is 0.296 e. The standard InChI is InChI=1S/C34H28N6O9S3/c1-18-13-21(5-11-29(18)37-39-33-27-17-25(51(44,45)46)7-3-20(27)4-10-28(33)35)22-6-12-30(19(2)14-22)38-40-34-26-9-8-24(50(41,42)43)15-23(26)16-31(32(34)36)52(47,48)49/h3-17H,35-36H2,1-2H3,(H,41,42,43)(H,44,45,46)(H,47,48,49). The number of rotatable bonds is 8. The molecule has 6 aromatic carbocycles. The van der Waals surface area contributed by atoms with Gasteiger partial charge in [0.2, 0.25) is 0 Å². The summed E-state index contributed by atoms with van der Waals surface area (Å²) in [6.07, 6.45) is 0. The molecule has 6 aromatic rings. The highest BCUT2D eigenvalue weighted by molar-refractivity contribution is 7.86. The molecule has 0 atom stereocenters. The van der Waals surface area contributed by atoms with Gasteiger partial charge in [-0.05, 0) is 108 Å². The Kier molecular flexibility index (Phi) is 9.16. The van der Waals surface area contributed by atoms with E-state index in [1.165, 1.54) is 24.3 Å². The lowest BCUT2D eigenvalue weighted by molar-refractivity contribution is 0.481. The molecule has 0 bridgehead atoms. The van der Waals surface area contributed by atoms with Gasteiger partial charge in [0, 0.05) is 10.8 Å². The molecule has 0 aliphatic heterocycles. The SMILES string of the molecule is Cc1cc(-c2ccc(N=Nc3c(N)c(S(=O)(=O)O)cc4cc(S(=O)(=O)O)ccc34)c(C)c2)ccc1N=Nc1c(N)ccc2ccc(S(=O)(=O)O)cc12. The average molecular weight is 761 g/mol. The normalized spacial score (nSPS) is 12.8. The Morgan fingerprint density at radius 2 is 1.02 bits per heavy atom. The number of hydrogen-bond donors (Lipinski definition) is 5. The van der Waals surface area contributed by atoms with Gasteiger partial charge in [0.15, 0.2) is 0 Å². The average Bonchev–Trinajstić information content (AvgIpc) is 3.06. The minimum atomic E-state index is -4.85. The molecule has 15 nitrogen and oxygen atoms in total. The largest absolute Gasteiger partial charge is 0.397 e. The zero-order valence-electron chi connectivity index (χ0n) is 27.1. The molecule has 0 heterocycles. The third-order valence-electron chi connectivity index (χ3n) is 8.20. The van der Waals surface area contributed by atoms with Gasteiger partial charge in [-0.3, -0.25) is 13.7 Å². The number of nitrogens with zero attached hydrogens (tertiary/aromatic N) is 4. The van der Waals surface area contributed by atoms with Crippen LogP contribution in [0.15, 0.2) is 126 Å². The predicted octanol–water partition coefficient (Wildman–Crippen LogP) is 8.01. The first kappa shape index (κ1) is 36.2. The summed E-state index contributed by atoms with van der Waals surface area (Å²) in [7, 11) is -13.9. The molecule has 0 aromatic heterocycles. The Labute approximate surface area is 297 Å². The van der Waals surface area contributed by atoms with E-state index in [2.05, 4.69) is 20.5 Å². The van der Waals surface area contributed by atoms with Crippen LogP contribution in [0, 0.1) is 13.8 Å². The summed E-state index contributed by atoms with van der Waals surface area (Å²) in [6.45, 7) is 3.62. The summed E-state index contributed by atoms with van der Waals surface area (Å²) in [5.74, 6) is 0. The molecular weight excluding hydrogens is 733 g/mol. The first-order valence-electron chi connectivity index (χ1n) is 15.0. The van der Waals surface area contributed by atoms with Crippen molar-refractivity contribution in [3.8, 4) is 11.1 Å². The first-order chi connectivity index (χ1) is 24.3. The van der Waals surface area contributed by atoms with Gasteiger partial charge >= 0.3 is 0 Å². The van der Waals surface area contributed by atoms with Gasteiger partial charge in [0.05, 0.1) is 32.5 Å².